The van der Waals surface area contributed by atoms with Crippen molar-refractivity contribution >= 4 is 11.9 Å². The molecule has 0 saturated heterocycles. The average Bonchev–Trinajstić information content (AvgIpc) is 1.99. The van der Waals surface area contributed by atoms with Crippen LogP contribution in [-0.4, -0.2) is 47.6 Å². The Morgan fingerprint density at radius 1 is 1.20 bits per heavy atom. The summed E-state index contributed by atoms with van der Waals surface area (Å²) in [5, 5.41) is 8.08. The molecule has 1 N–H and O–H groups in total. The summed E-state index contributed by atoms with van der Waals surface area (Å²) < 4.78 is 59.5. The molecule has 0 unspecified atom stereocenters. The highest BCUT2D eigenvalue weighted by molar-refractivity contribution is 5.87. The van der Waals surface area contributed by atoms with Crippen molar-refractivity contribution in [1.82, 2.24) is 4.90 Å². The van der Waals surface area contributed by atoms with E-state index in [2.05, 4.69) is 0 Å². The van der Waals surface area contributed by atoms with Crippen molar-refractivity contribution in [3.63, 3.8) is 0 Å². The number of likely N-dealkylation sites (N-methyl/N-ethyl adjacent to an activating group) is 1. The van der Waals surface area contributed by atoms with Crippen molar-refractivity contribution in [2.24, 2.45) is 0 Å². The highest BCUT2D eigenvalue weighted by atomic mass is 19.4. The van der Waals surface area contributed by atoms with Crippen molar-refractivity contribution in [1.29, 1.82) is 0 Å². The summed E-state index contributed by atoms with van der Waals surface area (Å²) in [6.07, 6.45) is -6.03. The summed E-state index contributed by atoms with van der Waals surface area (Å²) in [6.45, 7) is -1.23. The Hall–Kier alpha value is -1.41. The van der Waals surface area contributed by atoms with Crippen molar-refractivity contribution in [3.8, 4) is 0 Å². The fourth-order valence-corrected chi connectivity index (χ4v) is 0.636. The molecule has 0 atom stereocenters. The van der Waals surface area contributed by atoms with E-state index in [0.29, 0.717) is 7.05 Å². The van der Waals surface area contributed by atoms with Crippen LogP contribution in [0.1, 0.15) is 0 Å². The van der Waals surface area contributed by atoms with Gasteiger partial charge in [0.15, 0.2) is 0 Å². The van der Waals surface area contributed by atoms with E-state index in [1.165, 1.54) is 0 Å². The predicted octanol–water partition coefficient (Wildman–Crippen LogP) is 0.727. The number of amides is 1. The lowest BCUT2D eigenvalue weighted by atomic mass is 10.3. The Labute approximate surface area is 80.3 Å². The summed E-state index contributed by atoms with van der Waals surface area (Å²) in [4.78, 5) is 20.3. The highest BCUT2D eigenvalue weighted by Crippen LogP contribution is 2.36. The van der Waals surface area contributed by atoms with Crippen LogP contribution in [0.4, 0.5) is 22.0 Å². The van der Waals surface area contributed by atoms with Gasteiger partial charge < -0.3 is 10.0 Å². The number of alkyl halides is 5. The van der Waals surface area contributed by atoms with Gasteiger partial charge in [-0.25, -0.2) is 0 Å². The molecule has 1 amide bonds. The van der Waals surface area contributed by atoms with E-state index in [9.17, 15) is 31.5 Å². The Morgan fingerprint density at radius 2 is 1.60 bits per heavy atom. The molecule has 4 nitrogen and oxygen atoms in total. The molecule has 0 saturated carbocycles. The molecule has 0 aliphatic rings. The van der Waals surface area contributed by atoms with Crippen molar-refractivity contribution in [2.45, 2.75) is 12.1 Å². The highest BCUT2D eigenvalue weighted by Gasteiger charge is 2.64. The van der Waals surface area contributed by atoms with Gasteiger partial charge in [-0.3, -0.25) is 9.59 Å². The topological polar surface area (TPSA) is 57.6 Å². The SMILES string of the molecule is CN(CC(=O)O)C(=O)C(F)(F)C(F)(F)F. The number of aliphatic carboxylic acids is 1. The van der Waals surface area contributed by atoms with Crippen LogP contribution >= 0.6 is 0 Å². The van der Waals surface area contributed by atoms with Gasteiger partial charge in [-0.15, -0.1) is 0 Å². The number of nitrogens with zero attached hydrogens (tertiary/aromatic N) is 1. The molecule has 0 aromatic heterocycles. The van der Waals surface area contributed by atoms with Crippen LogP contribution in [0.3, 0.4) is 0 Å². The minimum atomic E-state index is -6.03. The second-order valence-electron chi connectivity index (χ2n) is 2.63. The normalized spacial score (nSPS) is 12.4. The molecule has 0 aliphatic carbocycles. The molecule has 9 heteroatoms. The molecule has 0 bridgehead atoms. The molecular formula is C6H6F5NO3. The van der Waals surface area contributed by atoms with Gasteiger partial charge in [0, 0.05) is 7.05 Å². The fraction of sp³-hybridized carbons (Fsp3) is 0.667. The monoisotopic (exact) mass is 235 g/mol. The van der Waals surface area contributed by atoms with Gasteiger partial charge in [-0.2, -0.15) is 22.0 Å². The van der Waals surface area contributed by atoms with Crippen LogP contribution in [-0.2, 0) is 9.59 Å². The first kappa shape index (κ1) is 13.6. The first-order valence-corrected chi connectivity index (χ1v) is 3.42. The maximum Gasteiger partial charge on any atom is 0.463 e. The maximum absolute atomic E-state index is 12.3. The van der Waals surface area contributed by atoms with Crippen molar-refractivity contribution in [3.05, 3.63) is 0 Å². The standard InChI is InChI=1S/C6H6F5NO3/c1-12(2-3(13)14)4(15)5(7,8)6(9,10)11/h2H2,1H3,(H,13,14). The van der Waals surface area contributed by atoms with Gasteiger partial charge in [-0.05, 0) is 0 Å². The second kappa shape index (κ2) is 3.99. The lowest BCUT2D eigenvalue weighted by Crippen LogP contribution is -2.51. The van der Waals surface area contributed by atoms with Gasteiger partial charge in [0.2, 0.25) is 0 Å². The number of halogens is 5. The van der Waals surface area contributed by atoms with E-state index in [4.69, 9.17) is 5.11 Å². The number of hydrogen-bond acceptors (Lipinski definition) is 2. The number of hydrogen-bond donors (Lipinski definition) is 1. The quantitative estimate of drug-likeness (QED) is 0.733. The molecule has 0 spiro atoms. The van der Waals surface area contributed by atoms with E-state index in [-0.39, 0.29) is 4.90 Å². The first-order chi connectivity index (χ1) is 6.50. The molecule has 0 aliphatic heterocycles. The Morgan fingerprint density at radius 3 is 1.87 bits per heavy atom. The van der Waals surface area contributed by atoms with Crippen LogP contribution in [0.5, 0.6) is 0 Å². The third-order valence-corrected chi connectivity index (χ3v) is 1.34. The van der Waals surface area contributed by atoms with Gasteiger partial charge in [0.25, 0.3) is 0 Å². The number of carbonyl (C=O) groups excluding carboxylic acids is 1. The fourth-order valence-electron chi connectivity index (χ4n) is 0.636. The molecule has 0 rings (SSSR count). The predicted molar refractivity (Wildman–Crippen MR) is 36.3 cm³/mol. The van der Waals surface area contributed by atoms with E-state index >= 15 is 0 Å². The summed E-state index contributed by atoms with van der Waals surface area (Å²) in [7, 11) is 0.538. The van der Waals surface area contributed by atoms with E-state index < -0.39 is 30.5 Å². The van der Waals surface area contributed by atoms with Crippen LogP contribution in [0.2, 0.25) is 0 Å². The summed E-state index contributed by atoms with van der Waals surface area (Å²) in [5.74, 6) is -9.86. The Bertz CT molecular complexity index is 274. The van der Waals surface area contributed by atoms with Crippen molar-refractivity contribution < 1.29 is 36.6 Å². The zero-order valence-corrected chi connectivity index (χ0v) is 7.31. The van der Waals surface area contributed by atoms with Gasteiger partial charge in [0.05, 0.1) is 0 Å². The van der Waals surface area contributed by atoms with Crippen LogP contribution in [0, 0.1) is 0 Å². The van der Waals surface area contributed by atoms with Gasteiger partial charge in [0.1, 0.15) is 6.54 Å². The molecule has 0 aromatic carbocycles. The smallest absolute Gasteiger partial charge is 0.463 e. The maximum atomic E-state index is 12.3. The van der Waals surface area contributed by atoms with E-state index in [1.807, 2.05) is 0 Å². The largest absolute Gasteiger partial charge is 0.480 e. The minimum absolute atomic E-state index is 0.212. The Balaban J connectivity index is 4.78. The zero-order valence-electron chi connectivity index (χ0n) is 7.31. The minimum Gasteiger partial charge on any atom is -0.480 e. The summed E-state index contributed by atoms with van der Waals surface area (Å²) in [5.41, 5.74) is 0. The number of carboxylic acids is 1. The molecular weight excluding hydrogens is 229 g/mol. The summed E-state index contributed by atoms with van der Waals surface area (Å²) in [6, 6.07) is 0. The molecule has 0 fully saturated rings. The number of carbonyl (C=O) groups is 2. The molecule has 88 valence electrons. The third-order valence-electron chi connectivity index (χ3n) is 1.34. The number of rotatable bonds is 3. The zero-order chi connectivity index (χ0) is 12.4. The van der Waals surface area contributed by atoms with E-state index in [0.717, 1.165) is 0 Å². The van der Waals surface area contributed by atoms with Crippen LogP contribution in [0.25, 0.3) is 0 Å². The van der Waals surface area contributed by atoms with Crippen LogP contribution < -0.4 is 0 Å². The first-order valence-electron chi connectivity index (χ1n) is 3.42. The van der Waals surface area contributed by atoms with Crippen molar-refractivity contribution in [2.75, 3.05) is 13.6 Å². The summed E-state index contributed by atoms with van der Waals surface area (Å²) >= 11 is 0. The average molecular weight is 235 g/mol. The molecule has 0 radical (unpaired) electrons. The lowest BCUT2D eigenvalue weighted by Gasteiger charge is -2.23. The lowest BCUT2D eigenvalue weighted by molar-refractivity contribution is -0.274. The van der Waals surface area contributed by atoms with Gasteiger partial charge >= 0.3 is 24.0 Å². The Kier molecular flexibility index (Phi) is 3.61. The third kappa shape index (κ3) is 3.03. The number of carboxylic acid groups (broad SMARTS) is 1. The second-order valence-corrected chi connectivity index (χ2v) is 2.63. The van der Waals surface area contributed by atoms with Crippen LogP contribution in [0.15, 0.2) is 0 Å². The molecule has 15 heavy (non-hydrogen) atoms. The molecule has 0 heterocycles. The molecule has 0 aromatic rings. The van der Waals surface area contributed by atoms with Gasteiger partial charge in [-0.1, -0.05) is 0 Å². The van der Waals surface area contributed by atoms with E-state index in [1.54, 1.807) is 0 Å².